The summed E-state index contributed by atoms with van der Waals surface area (Å²) < 4.78 is 10.3. The van der Waals surface area contributed by atoms with Crippen molar-refractivity contribution >= 4 is 17.7 Å². The summed E-state index contributed by atoms with van der Waals surface area (Å²) in [4.78, 5) is 47.9. The standard InChI is InChI=1S/C20H28N4O5/c1-13(2)10-23-12-17(25)24-9-5-8-22(11-15(24)20(23)27)19(26)14-6-7-16(28-3)21-18(14)29-4/h6-7,13,15H,5,8-12H2,1-4H3. The maximum atomic E-state index is 13.2. The fourth-order valence-electron chi connectivity index (χ4n) is 3.84. The van der Waals surface area contributed by atoms with Gasteiger partial charge in [-0.1, -0.05) is 13.8 Å². The number of piperazine rings is 1. The van der Waals surface area contributed by atoms with Gasteiger partial charge in [-0.05, 0) is 18.4 Å². The van der Waals surface area contributed by atoms with Crippen LogP contribution in [0.25, 0.3) is 0 Å². The van der Waals surface area contributed by atoms with Gasteiger partial charge in [0.05, 0.1) is 27.3 Å². The van der Waals surface area contributed by atoms with E-state index in [-0.39, 0.29) is 42.6 Å². The first-order valence-corrected chi connectivity index (χ1v) is 9.82. The molecule has 0 aromatic carbocycles. The quantitative estimate of drug-likeness (QED) is 0.715. The average Bonchev–Trinajstić information content (AvgIpc) is 2.94. The van der Waals surface area contributed by atoms with Crippen LogP contribution in [0.5, 0.6) is 11.8 Å². The van der Waals surface area contributed by atoms with E-state index in [1.54, 1.807) is 26.8 Å². The summed E-state index contributed by atoms with van der Waals surface area (Å²) in [7, 11) is 2.93. The van der Waals surface area contributed by atoms with E-state index in [0.717, 1.165) is 0 Å². The van der Waals surface area contributed by atoms with Gasteiger partial charge >= 0.3 is 0 Å². The zero-order valence-corrected chi connectivity index (χ0v) is 17.4. The van der Waals surface area contributed by atoms with Crippen molar-refractivity contribution in [2.75, 3.05) is 46.9 Å². The summed E-state index contributed by atoms with van der Waals surface area (Å²) in [5, 5.41) is 0. The van der Waals surface area contributed by atoms with Crippen molar-refractivity contribution < 1.29 is 23.9 Å². The van der Waals surface area contributed by atoms with E-state index in [0.29, 0.717) is 37.5 Å². The van der Waals surface area contributed by atoms with Crippen molar-refractivity contribution in [3.05, 3.63) is 17.7 Å². The molecule has 29 heavy (non-hydrogen) atoms. The second kappa shape index (κ2) is 8.67. The predicted octanol–water partition coefficient (Wildman–Crippen LogP) is 0.640. The van der Waals surface area contributed by atoms with Gasteiger partial charge in [0.15, 0.2) is 0 Å². The van der Waals surface area contributed by atoms with E-state index in [4.69, 9.17) is 9.47 Å². The average molecular weight is 404 g/mol. The largest absolute Gasteiger partial charge is 0.481 e. The zero-order valence-electron chi connectivity index (χ0n) is 17.4. The Labute approximate surface area is 170 Å². The molecule has 0 saturated carbocycles. The van der Waals surface area contributed by atoms with Crippen LogP contribution in [-0.4, -0.2) is 90.4 Å². The molecule has 9 nitrogen and oxygen atoms in total. The van der Waals surface area contributed by atoms with Crippen LogP contribution >= 0.6 is 0 Å². The first-order chi connectivity index (χ1) is 13.8. The summed E-state index contributed by atoms with van der Waals surface area (Å²) in [6, 6.07) is 2.55. The highest BCUT2D eigenvalue weighted by Crippen LogP contribution is 2.24. The monoisotopic (exact) mass is 404 g/mol. The van der Waals surface area contributed by atoms with Crippen molar-refractivity contribution in [2.45, 2.75) is 26.3 Å². The van der Waals surface area contributed by atoms with Gasteiger partial charge in [0, 0.05) is 25.7 Å². The molecule has 1 unspecified atom stereocenters. The molecule has 2 aliphatic heterocycles. The molecule has 2 saturated heterocycles. The first-order valence-electron chi connectivity index (χ1n) is 9.82. The number of amides is 3. The third kappa shape index (κ3) is 4.28. The van der Waals surface area contributed by atoms with Gasteiger partial charge in [-0.2, -0.15) is 4.98 Å². The molecule has 158 valence electrons. The Morgan fingerprint density at radius 2 is 1.97 bits per heavy atom. The van der Waals surface area contributed by atoms with E-state index < -0.39 is 6.04 Å². The first kappa shape index (κ1) is 20.9. The van der Waals surface area contributed by atoms with Crippen LogP contribution in [0.1, 0.15) is 30.6 Å². The van der Waals surface area contributed by atoms with Crippen LogP contribution in [0.3, 0.4) is 0 Å². The van der Waals surface area contributed by atoms with Crippen LogP contribution in [0.2, 0.25) is 0 Å². The number of hydrogen-bond acceptors (Lipinski definition) is 6. The van der Waals surface area contributed by atoms with Crippen molar-refractivity contribution in [3.8, 4) is 11.8 Å². The molecule has 3 rings (SSSR count). The number of hydrogen-bond donors (Lipinski definition) is 0. The lowest BCUT2D eigenvalue weighted by molar-refractivity contribution is -0.156. The van der Waals surface area contributed by atoms with Gasteiger partial charge in [-0.3, -0.25) is 14.4 Å². The Morgan fingerprint density at radius 3 is 2.62 bits per heavy atom. The van der Waals surface area contributed by atoms with Crippen molar-refractivity contribution in [1.82, 2.24) is 19.7 Å². The summed E-state index contributed by atoms with van der Waals surface area (Å²) >= 11 is 0. The Hall–Kier alpha value is -2.84. The minimum atomic E-state index is -0.654. The maximum Gasteiger partial charge on any atom is 0.259 e. The molecular formula is C20H28N4O5. The second-order valence-electron chi connectivity index (χ2n) is 7.73. The lowest BCUT2D eigenvalue weighted by atomic mass is 10.1. The van der Waals surface area contributed by atoms with Crippen LogP contribution < -0.4 is 9.47 Å². The number of rotatable bonds is 5. The lowest BCUT2D eigenvalue weighted by Crippen LogP contribution is -2.62. The van der Waals surface area contributed by atoms with Gasteiger partial charge in [0.25, 0.3) is 5.91 Å². The lowest BCUT2D eigenvalue weighted by Gasteiger charge is -2.40. The topological polar surface area (TPSA) is 92.3 Å². The molecule has 0 bridgehead atoms. The number of methoxy groups -OCH3 is 2. The molecule has 0 spiro atoms. The predicted molar refractivity (Wildman–Crippen MR) is 105 cm³/mol. The number of pyridine rings is 1. The van der Waals surface area contributed by atoms with Crippen molar-refractivity contribution in [1.29, 1.82) is 0 Å². The molecule has 0 N–H and O–H groups in total. The van der Waals surface area contributed by atoms with Gasteiger partial charge in [-0.25, -0.2) is 0 Å². The minimum Gasteiger partial charge on any atom is -0.481 e. The molecule has 2 fully saturated rings. The zero-order chi connectivity index (χ0) is 21.1. The molecule has 3 heterocycles. The molecule has 1 aromatic heterocycles. The van der Waals surface area contributed by atoms with E-state index >= 15 is 0 Å². The fraction of sp³-hybridized carbons (Fsp3) is 0.600. The third-order valence-electron chi connectivity index (χ3n) is 5.18. The van der Waals surface area contributed by atoms with Crippen molar-refractivity contribution in [2.24, 2.45) is 5.92 Å². The van der Waals surface area contributed by atoms with Gasteiger partial charge in [0.2, 0.25) is 23.6 Å². The summed E-state index contributed by atoms with van der Waals surface area (Å²) in [5.74, 6) is 0.336. The summed E-state index contributed by atoms with van der Waals surface area (Å²) in [6.45, 7) is 5.73. The van der Waals surface area contributed by atoms with Crippen LogP contribution in [0, 0.1) is 5.92 Å². The fourth-order valence-corrected chi connectivity index (χ4v) is 3.84. The molecular weight excluding hydrogens is 376 g/mol. The Morgan fingerprint density at radius 1 is 1.21 bits per heavy atom. The number of nitrogens with zero attached hydrogens (tertiary/aromatic N) is 4. The van der Waals surface area contributed by atoms with E-state index in [9.17, 15) is 14.4 Å². The number of ether oxygens (including phenoxy) is 2. The van der Waals surface area contributed by atoms with Gasteiger partial charge in [0.1, 0.15) is 11.6 Å². The minimum absolute atomic E-state index is 0.0618. The van der Waals surface area contributed by atoms with E-state index in [2.05, 4.69) is 4.98 Å². The highest BCUT2D eigenvalue weighted by Gasteiger charge is 2.42. The van der Waals surface area contributed by atoms with E-state index in [1.807, 2.05) is 13.8 Å². The number of carbonyl (C=O) groups excluding carboxylic acids is 3. The third-order valence-corrected chi connectivity index (χ3v) is 5.18. The summed E-state index contributed by atoms with van der Waals surface area (Å²) in [5.41, 5.74) is 0.301. The van der Waals surface area contributed by atoms with Crippen LogP contribution in [-0.2, 0) is 9.59 Å². The highest BCUT2D eigenvalue weighted by atomic mass is 16.5. The highest BCUT2D eigenvalue weighted by molar-refractivity contribution is 5.98. The Kier molecular flexibility index (Phi) is 6.24. The molecule has 1 aromatic rings. The molecule has 9 heteroatoms. The second-order valence-corrected chi connectivity index (χ2v) is 7.73. The van der Waals surface area contributed by atoms with Crippen LogP contribution in [0.15, 0.2) is 12.1 Å². The van der Waals surface area contributed by atoms with Gasteiger partial charge in [-0.15, -0.1) is 0 Å². The smallest absolute Gasteiger partial charge is 0.259 e. The summed E-state index contributed by atoms with van der Waals surface area (Å²) in [6.07, 6.45) is 0.608. The van der Waals surface area contributed by atoms with Crippen LogP contribution in [0.4, 0.5) is 0 Å². The number of fused-ring (bicyclic) bond motifs is 1. The molecule has 0 radical (unpaired) electrons. The molecule has 0 aliphatic carbocycles. The Bertz CT molecular complexity index is 797. The van der Waals surface area contributed by atoms with E-state index in [1.165, 1.54) is 14.2 Å². The number of carbonyl (C=O) groups is 3. The SMILES string of the molecule is COc1ccc(C(=O)N2CCCN3C(=O)CN(CC(C)C)C(=O)C3C2)c(OC)n1. The van der Waals surface area contributed by atoms with Gasteiger partial charge < -0.3 is 24.2 Å². The number of aromatic nitrogens is 1. The molecule has 3 amide bonds. The van der Waals surface area contributed by atoms with Crippen molar-refractivity contribution in [3.63, 3.8) is 0 Å². The normalized spacial score (nSPS) is 19.9. The maximum absolute atomic E-state index is 13.2. The Balaban J connectivity index is 1.84. The molecule has 1 atom stereocenters. The molecule has 2 aliphatic rings.